The van der Waals surface area contributed by atoms with Crippen LogP contribution in [0.2, 0.25) is 0 Å². The molecule has 2 rings (SSSR count). The van der Waals surface area contributed by atoms with Gasteiger partial charge in [0.2, 0.25) is 0 Å². The molecule has 0 aliphatic heterocycles. The lowest BCUT2D eigenvalue weighted by atomic mass is 10.0. The first-order valence-electron chi connectivity index (χ1n) is 6.23. The monoisotopic (exact) mass is 303 g/mol. The Morgan fingerprint density at radius 3 is 2.39 bits per heavy atom. The van der Waals surface area contributed by atoms with Crippen LogP contribution in [0.15, 0.2) is 53.0 Å². The molecule has 0 spiro atoms. The fourth-order valence-electron chi connectivity index (χ4n) is 1.84. The van der Waals surface area contributed by atoms with E-state index >= 15 is 0 Å². The molecule has 0 aromatic heterocycles. The Morgan fingerprint density at radius 1 is 1.06 bits per heavy atom. The molecule has 0 saturated heterocycles. The summed E-state index contributed by atoms with van der Waals surface area (Å²) in [6, 6.07) is 17.0. The van der Waals surface area contributed by atoms with Crippen LogP contribution in [0.5, 0.6) is 0 Å². The Morgan fingerprint density at radius 2 is 1.78 bits per heavy atom. The number of halogens is 1. The van der Waals surface area contributed by atoms with Crippen molar-refractivity contribution in [3.8, 4) is 0 Å². The first-order valence-corrected chi connectivity index (χ1v) is 7.03. The maximum absolute atomic E-state index is 3.49. The van der Waals surface area contributed by atoms with Crippen LogP contribution in [-0.2, 0) is 6.54 Å². The smallest absolute Gasteiger partial charge is 0.0401 e. The molecule has 0 amide bonds. The molecule has 2 aromatic rings. The van der Waals surface area contributed by atoms with Gasteiger partial charge in [0.1, 0.15) is 0 Å². The second-order valence-corrected chi connectivity index (χ2v) is 5.68. The van der Waals surface area contributed by atoms with Gasteiger partial charge in [-0.15, -0.1) is 0 Å². The van der Waals surface area contributed by atoms with E-state index in [1.165, 1.54) is 16.8 Å². The molecule has 1 N–H and O–H groups in total. The lowest BCUT2D eigenvalue weighted by Gasteiger charge is -2.09. The Bertz CT molecular complexity index is 503. The van der Waals surface area contributed by atoms with Gasteiger partial charge in [0.15, 0.2) is 0 Å². The molecule has 1 nitrogen and oxygen atoms in total. The molecule has 0 heterocycles. The fraction of sp³-hybridized carbons (Fsp3) is 0.250. The van der Waals surface area contributed by atoms with E-state index in [9.17, 15) is 0 Å². The lowest BCUT2D eigenvalue weighted by Crippen LogP contribution is -1.99. The number of benzene rings is 2. The first kappa shape index (κ1) is 13.2. The van der Waals surface area contributed by atoms with Gasteiger partial charge < -0.3 is 5.32 Å². The van der Waals surface area contributed by atoms with Crippen molar-refractivity contribution in [1.29, 1.82) is 0 Å². The van der Waals surface area contributed by atoms with Crippen LogP contribution in [0.25, 0.3) is 0 Å². The third kappa shape index (κ3) is 3.61. The predicted molar refractivity (Wildman–Crippen MR) is 82.0 cm³/mol. The normalized spacial score (nSPS) is 10.7. The van der Waals surface area contributed by atoms with Crippen LogP contribution >= 0.6 is 15.9 Å². The topological polar surface area (TPSA) is 12.0 Å². The maximum atomic E-state index is 3.49. The van der Waals surface area contributed by atoms with E-state index in [1.807, 2.05) is 6.07 Å². The van der Waals surface area contributed by atoms with Crippen LogP contribution in [-0.4, -0.2) is 0 Å². The average molecular weight is 304 g/mol. The van der Waals surface area contributed by atoms with Crippen molar-refractivity contribution in [1.82, 2.24) is 0 Å². The average Bonchev–Trinajstić information content (AvgIpc) is 2.37. The molecule has 0 aliphatic rings. The van der Waals surface area contributed by atoms with Crippen LogP contribution < -0.4 is 5.32 Å². The highest BCUT2D eigenvalue weighted by Crippen LogP contribution is 2.18. The van der Waals surface area contributed by atoms with Crippen molar-refractivity contribution in [2.24, 2.45) is 0 Å². The van der Waals surface area contributed by atoms with E-state index in [0.29, 0.717) is 5.92 Å². The third-order valence-corrected chi connectivity index (χ3v) is 3.46. The zero-order valence-corrected chi connectivity index (χ0v) is 12.4. The molecule has 0 unspecified atom stereocenters. The first-order chi connectivity index (χ1) is 8.65. The molecule has 0 fully saturated rings. The summed E-state index contributed by atoms with van der Waals surface area (Å²) in [5.74, 6) is 0.587. The Balaban J connectivity index is 1.98. The van der Waals surface area contributed by atoms with Crippen LogP contribution in [0.3, 0.4) is 0 Å². The van der Waals surface area contributed by atoms with E-state index in [1.54, 1.807) is 0 Å². The highest BCUT2D eigenvalue weighted by Gasteiger charge is 1.99. The molecule has 0 bridgehead atoms. The fourth-order valence-corrected chi connectivity index (χ4v) is 2.28. The molecular formula is C16H18BrN. The summed E-state index contributed by atoms with van der Waals surface area (Å²) in [6.45, 7) is 5.27. The number of anilines is 1. The van der Waals surface area contributed by atoms with Crippen molar-refractivity contribution in [2.45, 2.75) is 26.3 Å². The van der Waals surface area contributed by atoms with Crippen molar-refractivity contribution >= 4 is 21.6 Å². The van der Waals surface area contributed by atoms with E-state index < -0.39 is 0 Å². The summed E-state index contributed by atoms with van der Waals surface area (Å²) in [5, 5.41) is 3.43. The molecule has 18 heavy (non-hydrogen) atoms. The van der Waals surface area contributed by atoms with Crippen LogP contribution in [0.1, 0.15) is 30.9 Å². The Kier molecular flexibility index (Phi) is 4.43. The van der Waals surface area contributed by atoms with Gasteiger partial charge in [-0.05, 0) is 41.3 Å². The standard InChI is InChI=1S/C16H18BrN/c1-12(2)14-6-8-16(9-7-14)18-11-13-4-3-5-15(17)10-13/h3-10,12,18H,11H2,1-2H3. The van der Waals surface area contributed by atoms with Crippen molar-refractivity contribution in [3.63, 3.8) is 0 Å². The molecule has 0 atom stereocenters. The summed E-state index contributed by atoms with van der Waals surface area (Å²) in [6.07, 6.45) is 0. The molecule has 0 radical (unpaired) electrons. The van der Waals surface area contributed by atoms with E-state index in [0.717, 1.165) is 11.0 Å². The van der Waals surface area contributed by atoms with E-state index in [2.05, 4.69) is 77.6 Å². The minimum absolute atomic E-state index is 0.587. The molecule has 0 saturated carbocycles. The lowest BCUT2D eigenvalue weighted by molar-refractivity contribution is 0.867. The van der Waals surface area contributed by atoms with Gasteiger partial charge in [-0.2, -0.15) is 0 Å². The second-order valence-electron chi connectivity index (χ2n) is 4.76. The molecule has 0 aliphatic carbocycles. The quantitative estimate of drug-likeness (QED) is 0.820. The summed E-state index contributed by atoms with van der Waals surface area (Å²) in [5.41, 5.74) is 3.82. The Hall–Kier alpha value is -1.28. The number of hydrogen-bond donors (Lipinski definition) is 1. The summed E-state index contributed by atoms with van der Waals surface area (Å²) in [7, 11) is 0. The van der Waals surface area contributed by atoms with Crippen molar-refractivity contribution in [3.05, 3.63) is 64.1 Å². The minimum atomic E-state index is 0.587. The SMILES string of the molecule is CC(C)c1ccc(NCc2cccc(Br)c2)cc1. The van der Waals surface area contributed by atoms with E-state index in [-0.39, 0.29) is 0 Å². The van der Waals surface area contributed by atoms with Gasteiger partial charge in [0.05, 0.1) is 0 Å². The molecule has 2 aromatic carbocycles. The van der Waals surface area contributed by atoms with Gasteiger partial charge in [-0.1, -0.05) is 54.0 Å². The third-order valence-electron chi connectivity index (χ3n) is 2.96. The highest BCUT2D eigenvalue weighted by molar-refractivity contribution is 9.10. The summed E-state index contributed by atoms with van der Waals surface area (Å²) >= 11 is 3.49. The van der Waals surface area contributed by atoms with Gasteiger partial charge >= 0.3 is 0 Å². The zero-order valence-electron chi connectivity index (χ0n) is 10.8. The maximum Gasteiger partial charge on any atom is 0.0401 e. The zero-order chi connectivity index (χ0) is 13.0. The minimum Gasteiger partial charge on any atom is -0.381 e. The van der Waals surface area contributed by atoms with Gasteiger partial charge in [-0.3, -0.25) is 0 Å². The summed E-state index contributed by atoms with van der Waals surface area (Å²) in [4.78, 5) is 0. The second kappa shape index (κ2) is 6.05. The van der Waals surface area contributed by atoms with E-state index in [4.69, 9.17) is 0 Å². The molecule has 2 heteroatoms. The molecular weight excluding hydrogens is 286 g/mol. The van der Waals surface area contributed by atoms with Crippen LogP contribution in [0, 0.1) is 0 Å². The largest absolute Gasteiger partial charge is 0.381 e. The summed E-state index contributed by atoms with van der Waals surface area (Å²) < 4.78 is 1.12. The van der Waals surface area contributed by atoms with Gasteiger partial charge in [0.25, 0.3) is 0 Å². The van der Waals surface area contributed by atoms with Gasteiger partial charge in [-0.25, -0.2) is 0 Å². The number of hydrogen-bond acceptors (Lipinski definition) is 1. The van der Waals surface area contributed by atoms with Crippen LogP contribution in [0.4, 0.5) is 5.69 Å². The number of nitrogens with one attached hydrogen (secondary N) is 1. The highest BCUT2D eigenvalue weighted by atomic mass is 79.9. The van der Waals surface area contributed by atoms with Crippen molar-refractivity contribution < 1.29 is 0 Å². The Labute approximate surface area is 117 Å². The number of rotatable bonds is 4. The van der Waals surface area contributed by atoms with Gasteiger partial charge in [0, 0.05) is 16.7 Å². The predicted octanol–water partition coefficient (Wildman–Crippen LogP) is 5.18. The molecule has 94 valence electrons. The van der Waals surface area contributed by atoms with Crippen molar-refractivity contribution in [2.75, 3.05) is 5.32 Å².